The van der Waals surface area contributed by atoms with E-state index in [0.717, 1.165) is 11.4 Å². The zero-order valence-electron chi connectivity index (χ0n) is 16.8. The van der Waals surface area contributed by atoms with Crippen molar-refractivity contribution < 1.29 is 14.2 Å². The molecule has 1 aromatic carbocycles. The molecule has 0 saturated heterocycles. The number of nitrogens with two attached hydrogens (primary N) is 1. The lowest BCUT2D eigenvalue weighted by molar-refractivity contribution is 0.129. The molecule has 3 rings (SSSR count). The molecular formula is C20H23ClFN5O2S. The summed E-state index contributed by atoms with van der Waals surface area (Å²) in [5, 5.41) is 22.5. The van der Waals surface area contributed by atoms with Crippen LogP contribution in [0.5, 0.6) is 5.75 Å². The van der Waals surface area contributed by atoms with Crippen molar-refractivity contribution in [3.63, 3.8) is 0 Å². The van der Waals surface area contributed by atoms with Gasteiger partial charge < -0.3 is 20.9 Å². The van der Waals surface area contributed by atoms with Crippen molar-refractivity contribution in [1.82, 2.24) is 15.2 Å². The largest absolute Gasteiger partial charge is 0.489 e. The molecule has 7 nitrogen and oxygen atoms in total. The highest BCUT2D eigenvalue weighted by Gasteiger charge is 2.18. The van der Waals surface area contributed by atoms with Crippen LogP contribution in [-0.2, 0) is 0 Å². The molecule has 0 saturated carbocycles. The van der Waals surface area contributed by atoms with Crippen LogP contribution in [0.2, 0.25) is 5.02 Å². The first-order chi connectivity index (χ1) is 14.2. The lowest BCUT2D eigenvalue weighted by Crippen LogP contribution is -2.38. The van der Waals surface area contributed by atoms with Gasteiger partial charge in [0.25, 0.3) is 0 Å². The van der Waals surface area contributed by atoms with Gasteiger partial charge in [-0.3, -0.25) is 0 Å². The van der Waals surface area contributed by atoms with Crippen LogP contribution >= 0.6 is 22.9 Å². The lowest BCUT2D eigenvalue weighted by atomic mass is 10.2. The molecule has 2 heterocycles. The number of rotatable bonds is 8. The van der Waals surface area contributed by atoms with Crippen LogP contribution < -0.4 is 15.8 Å². The second-order valence-corrected chi connectivity index (χ2v) is 8.50. The number of anilines is 1. The molecule has 4 N–H and O–H groups in total. The average Bonchev–Trinajstić information content (AvgIpc) is 3.17. The fraction of sp³-hybridized carbons (Fsp3) is 0.350. The van der Waals surface area contributed by atoms with Crippen LogP contribution in [0.4, 0.5) is 10.2 Å². The summed E-state index contributed by atoms with van der Waals surface area (Å²) in [5.41, 5.74) is 6.98. The van der Waals surface area contributed by atoms with Gasteiger partial charge in [-0.1, -0.05) is 22.9 Å². The summed E-state index contributed by atoms with van der Waals surface area (Å²) < 4.78 is 19.9. The molecule has 0 aliphatic carbocycles. The van der Waals surface area contributed by atoms with Crippen LogP contribution in [-0.4, -0.2) is 45.1 Å². The molecule has 0 fully saturated rings. The Kier molecular flexibility index (Phi) is 7.19. The Bertz CT molecular complexity index is 1010. The molecule has 30 heavy (non-hydrogen) atoms. The first-order valence-electron chi connectivity index (χ1n) is 9.37. The normalized spacial score (nSPS) is 13.3. The van der Waals surface area contributed by atoms with E-state index in [1.807, 2.05) is 26.0 Å². The number of pyridine rings is 1. The zero-order chi connectivity index (χ0) is 21.8. The molecule has 0 unspecified atom stereocenters. The number of aromatic nitrogens is 3. The third-order valence-corrected chi connectivity index (χ3v) is 5.49. The fourth-order valence-electron chi connectivity index (χ4n) is 2.52. The summed E-state index contributed by atoms with van der Waals surface area (Å²) in [6.07, 6.45) is 0.921. The number of ether oxygens (including phenoxy) is 1. The monoisotopic (exact) mass is 451 g/mol. The summed E-state index contributed by atoms with van der Waals surface area (Å²) in [6, 6.07) is 5.96. The van der Waals surface area contributed by atoms with E-state index in [9.17, 15) is 9.50 Å². The Balaban J connectivity index is 1.82. The zero-order valence-corrected chi connectivity index (χ0v) is 18.3. The predicted octanol–water partition coefficient (Wildman–Crippen LogP) is 3.97. The molecule has 2 atom stereocenters. The number of benzene rings is 1. The third-order valence-electron chi connectivity index (χ3n) is 4.17. The molecule has 0 radical (unpaired) electrons. The number of aliphatic hydroxyl groups excluding tert-OH is 1. The van der Waals surface area contributed by atoms with Gasteiger partial charge in [0.15, 0.2) is 11.6 Å². The van der Waals surface area contributed by atoms with E-state index in [1.165, 1.54) is 30.4 Å². The third kappa shape index (κ3) is 5.42. The first-order valence-corrected chi connectivity index (χ1v) is 10.6. The molecule has 0 aliphatic heterocycles. The Hall–Kier alpha value is -2.33. The average molecular weight is 452 g/mol. The van der Waals surface area contributed by atoms with Gasteiger partial charge in [0, 0.05) is 29.4 Å². The summed E-state index contributed by atoms with van der Waals surface area (Å²) in [4.78, 5) is 4.28. The molecule has 3 aromatic rings. The van der Waals surface area contributed by atoms with Gasteiger partial charge in [0.05, 0.1) is 17.2 Å². The Morgan fingerprint density at radius 3 is 2.67 bits per heavy atom. The maximum atomic E-state index is 14.5. The van der Waals surface area contributed by atoms with E-state index < -0.39 is 18.0 Å². The molecule has 0 spiro atoms. The molecular weight excluding hydrogens is 429 g/mol. The fourth-order valence-corrected chi connectivity index (χ4v) is 3.68. The number of aliphatic hydroxyl groups is 1. The predicted molar refractivity (Wildman–Crippen MR) is 117 cm³/mol. The Morgan fingerprint density at radius 1 is 1.23 bits per heavy atom. The van der Waals surface area contributed by atoms with Crippen molar-refractivity contribution in [2.45, 2.75) is 39.0 Å². The molecule has 0 aliphatic rings. The van der Waals surface area contributed by atoms with Crippen LogP contribution in [0.3, 0.4) is 0 Å². The second-order valence-electron chi connectivity index (χ2n) is 7.12. The molecule has 0 amide bonds. The van der Waals surface area contributed by atoms with Crippen molar-refractivity contribution in [3.8, 4) is 26.9 Å². The summed E-state index contributed by atoms with van der Waals surface area (Å²) in [6.45, 7) is 5.55. The van der Waals surface area contributed by atoms with E-state index in [4.69, 9.17) is 22.1 Å². The highest BCUT2D eigenvalue weighted by Crippen LogP contribution is 2.37. The van der Waals surface area contributed by atoms with Gasteiger partial charge in [-0.15, -0.1) is 10.2 Å². The number of hydrogen-bond donors (Lipinski definition) is 3. The number of hydrogen-bond acceptors (Lipinski definition) is 8. The van der Waals surface area contributed by atoms with E-state index in [2.05, 4.69) is 20.5 Å². The van der Waals surface area contributed by atoms with Crippen molar-refractivity contribution in [3.05, 3.63) is 41.3 Å². The minimum atomic E-state index is -0.771. The Morgan fingerprint density at radius 2 is 1.97 bits per heavy atom. The highest BCUT2D eigenvalue weighted by atomic mass is 35.5. The first kappa shape index (κ1) is 22.4. The van der Waals surface area contributed by atoms with Gasteiger partial charge in [-0.05, 0) is 39.0 Å². The Labute approximate surface area is 183 Å². The van der Waals surface area contributed by atoms with Crippen LogP contribution in [0, 0.1) is 5.82 Å². The van der Waals surface area contributed by atoms with E-state index >= 15 is 0 Å². The standard InChI is InChI=1S/C20H23ClFN5O2S/c1-10(2)25-18-6-12(4-5-24-18)19-26-27-20(30-19)13-7-15(22)17(8-14(13)21)29-9-16(23)11(3)28/h4-8,10-11,16,28H,9,23H2,1-3H3,(H,24,25)/t11-,16+/m1/s1. The van der Waals surface area contributed by atoms with Crippen molar-refractivity contribution in [2.75, 3.05) is 11.9 Å². The maximum Gasteiger partial charge on any atom is 0.165 e. The van der Waals surface area contributed by atoms with Crippen LogP contribution in [0.1, 0.15) is 20.8 Å². The van der Waals surface area contributed by atoms with Crippen molar-refractivity contribution in [2.24, 2.45) is 5.73 Å². The minimum Gasteiger partial charge on any atom is -0.489 e. The SMILES string of the molecule is CC(C)Nc1cc(-c2nnc(-c3cc(F)c(OC[C@H](N)[C@@H](C)O)cc3Cl)s2)ccn1. The van der Waals surface area contributed by atoms with Gasteiger partial charge in [0.1, 0.15) is 22.4 Å². The minimum absolute atomic E-state index is 0.0388. The molecule has 0 bridgehead atoms. The quantitative estimate of drug-likeness (QED) is 0.475. The molecule has 10 heteroatoms. The molecule has 2 aromatic heterocycles. The van der Waals surface area contributed by atoms with E-state index in [1.54, 1.807) is 6.20 Å². The highest BCUT2D eigenvalue weighted by molar-refractivity contribution is 7.18. The van der Waals surface area contributed by atoms with Gasteiger partial charge in [-0.2, -0.15) is 0 Å². The number of nitrogens with one attached hydrogen (secondary N) is 1. The van der Waals surface area contributed by atoms with E-state index in [0.29, 0.717) is 15.6 Å². The summed E-state index contributed by atoms with van der Waals surface area (Å²) in [7, 11) is 0. The van der Waals surface area contributed by atoms with E-state index in [-0.39, 0.29) is 23.4 Å². The smallest absolute Gasteiger partial charge is 0.165 e. The number of nitrogens with zero attached hydrogens (tertiary/aromatic N) is 3. The molecule has 160 valence electrons. The number of halogens is 2. The lowest BCUT2D eigenvalue weighted by Gasteiger charge is -2.16. The van der Waals surface area contributed by atoms with Crippen molar-refractivity contribution in [1.29, 1.82) is 0 Å². The topological polar surface area (TPSA) is 106 Å². The van der Waals surface area contributed by atoms with Gasteiger partial charge in [0.2, 0.25) is 0 Å². The van der Waals surface area contributed by atoms with Crippen molar-refractivity contribution >= 4 is 28.8 Å². The van der Waals surface area contributed by atoms with Gasteiger partial charge >= 0.3 is 0 Å². The van der Waals surface area contributed by atoms with Gasteiger partial charge in [-0.25, -0.2) is 9.37 Å². The second kappa shape index (κ2) is 9.65. The maximum absolute atomic E-state index is 14.5. The summed E-state index contributed by atoms with van der Waals surface area (Å²) in [5.74, 6) is 0.0969. The van der Waals surface area contributed by atoms with Crippen LogP contribution in [0.15, 0.2) is 30.5 Å². The van der Waals surface area contributed by atoms with Crippen LogP contribution in [0.25, 0.3) is 21.1 Å². The summed E-state index contributed by atoms with van der Waals surface area (Å²) >= 11 is 7.64.